The number of aliphatic hydroxyl groups excluding tert-OH is 2. The first-order chi connectivity index (χ1) is 25.1. The van der Waals surface area contributed by atoms with Gasteiger partial charge in [0.05, 0.1) is 73.8 Å². The summed E-state index contributed by atoms with van der Waals surface area (Å²) in [6, 6.07) is 0. The minimum absolute atomic E-state index is 0.0260. The number of hydrogen-bond acceptors (Lipinski definition) is 12. The standard InChI is InChI=1S/C40H58O12/c1-19-11-24-5-7-28-20(2)12-26(45-28)9-10-40-17-33-36(51-40)37-38(50-33)39(52-40)35-29(49-37)8-6-25(47-35)13-22(42)14-27-31(16-30(46-24)21(19)3)48-32(34(27)44-4)15-23(43)18-41/h19,23-39,41,43H,2-3,5-18H2,1,4H3/t19?,23?,24?,25?,26?,27?,28-,29?,30?,31-,32+,33?,34+,35-,36?,37-,38?,39?,40-/m0/s1. The second kappa shape index (κ2) is 14.3. The van der Waals surface area contributed by atoms with Gasteiger partial charge in [-0.1, -0.05) is 20.1 Å². The van der Waals surface area contributed by atoms with Crippen LogP contribution < -0.4 is 0 Å². The average molecular weight is 731 g/mol. The van der Waals surface area contributed by atoms with Crippen LogP contribution in [0.3, 0.4) is 0 Å². The number of hydrogen-bond donors (Lipinski definition) is 2. The first kappa shape index (κ1) is 36.4. The molecule has 1 spiro atoms. The van der Waals surface area contributed by atoms with Crippen molar-refractivity contribution in [2.45, 2.75) is 194 Å². The highest BCUT2D eigenvalue weighted by molar-refractivity contribution is 5.79. The Bertz CT molecular complexity index is 1370. The molecule has 0 radical (unpaired) electrons. The van der Waals surface area contributed by atoms with Crippen molar-refractivity contribution >= 4 is 5.78 Å². The quantitative estimate of drug-likeness (QED) is 0.410. The van der Waals surface area contributed by atoms with Gasteiger partial charge in [0.1, 0.15) is 36.3 Å². The largest absolute Gasteiger partial charge is 0.394 e. The second-order valence-electron chi connectivity index (χ2n) is 17.4. The Hall–Kier alpha value is -1.29. The molecule has 10 rings (SSSR count). The Morgan fingerprint density at radius 3 is 2.37 bits per heavy atom. The second-order valence-corrected chi connectivity index (χ2v) is 17.4. The first-order valence-corrected chi connectivity index (χ1v) is 20.1. The molecule has 12 unspecified atom stereocenters. The molecule has 0 amide bonds. The van der Waals surface area contributed by atoms with Crippen molar-refractivity contribution in [3.05, 3.63) is 24.3 Å². The highest BCUT2D eigenvalue weighted by Crippen LogP contribution is 2.54. The Labute approximate surface area is 306 Å². The molecule has 0 aromatic heterocycles. The van der Waals surface area contributed by atoms with Crippen LogP contribution in [-0.2, 0) is 47.4 Å². The molecule has 12 heteroatoms. The summed E-state index contributed by atoms with van der Waals surface area (Å²) >= 11 is 0. The van der Waals surface area contributed by atoms with Gasteiger partial charge in [0.25, 0.3) is 0 Å². The number of fused-ring (bicyclic) bond motifs is 6. The van der Waals surface area contributed by atoms with Crippen molar-refractivity contribution in [3.63, 3.8) is 0 Å². The molecule has 2 N–H and O–H groups in total. The molecule has 10 aliphatic rings. The van der Waals surface area contributed by atoms with Gasteiger partial charge in [-0.05, 0) is 62.0 Å². The molecule has 19 atom stereocenters. The maximum absolute atomic E-state index is 14.0. The lowest BCUT2D eigenvalue weighted by Crippen LogP contribution is -2.61. The van der Waals surface area contributed by atoms with Crippen molar-refractivity contribution in [3.8, 4) is 0 Å². The predicted octanol–water partition coefficient (Wildman–Crippen LogP) is 3.47. The number of rotatable bonds is 4. The molecule has 0 aliphatic carbocycles. The fourth-order valence-corrected chi connectivity index (χ4v) is 11.3. The molecule has 0 aromatic carbocycles. The fourth-order valence-electron chi connectivity index (χ4n) is 11.3. The van der Waals surface area contributed by atoms with Gasteiger partial charge in [-0.15, -0.1) is 0 Å². The average Bonchev–Trinajstić information content (AvgIpc) is 3.79. The van der Waals surface area contributed by atoms with E-state index in [1.165, 1.54) is 0 Å². The Morgan fingerprint density at radius 2 is 1.54 bits per heavy atom. The van der Waals surface area contributed by atoms with Crippen molar-refractivity contribution in [2.24, 2.45) is 11.8 Å². The summed E-state index contributed by atoms with van der Waals surface area (Å²) < 4.78 is 59.8. The van der Waals surface area contributed by atoms with E-state index in [0.717, 1.165) is 49.7 Å². The van der Waals surface area contributed by atoms with E-state index >= 15 is 0 Å². The zero-order valence-corrected chi connectivity index (χ0v) is 30.7. The summed E-state index contributed by atoms with van der Waals surface area (Å²) in [7, 11) is 1.63. The van der Waals surface area contributed by atoms with Crippen LogP contribution in [0.25, 0.3) is 0 Å². The number of ether oxygens (including phenoxy) is 9. The van der Waals surface area contributed by atoms with E-state index in [9.17, 15) is 15.0 Å². The molecule has 10 fully saturated rings. The molecule has 12 bridgehead atoms. The maximum Gasteiger partial charge on any atom is 0.172 e. The van der Waals surface area contributed by atoms with Crippen LogP contribution in [0, 0.1) is 11.8 Å². The molecular formula is C40H58O12. The van der Waals surface area contributed by atoms with Crippen LogP contribution in [0.1, 0.15) is 90.4 Å². The number of Topliss-reactive ketones (excluding diaryl/α,β-unsaturated/α-hetero) is 1. The molecule has 10 heterocycles. The van der Waals surface area contributed by atoms with E-state index in [1.807, 2.05) is 0 Å². The van der Waals surface area contributed by atoms with Crippen LogP contribution >= 0.6 is 0 Å². The Kier molecular flexibility index (Phi) is 10.0. The summed E-state index contributed by atoms with van der Waals surface area (Å²) in [5.41, 5.74) is 2.17. The van der Waals surface area contributed by atoms with Gasteiger partial charge in [0.15, 0.2) is 5.79 Å². The molecule has 52 heavy (non-hydrogen) atoms. The van der Waals surface area contributed by atoms with Gasteiger partial charge in [-0.25, -0.2) is 0 Å². The summed E-state index contributed by atoms with van der Waals surface area (Å²) in [6.07, 6.45) is 4.01. The monoisotopic (exact) mass is 730 g/mol. The molecule has 10 saturated heterocycles. The maximum atomic E-state index is 14.0. The van der Waals surface area contributed by atoms with E-state index in [4.69, 9.17) is 42.6 Å². The predicted molar refractivity (Wildman–Crippen MR) is 184 cm³/mol. The van der Waals surface area contributed by atoms with Crippen LogP contribution in [0.5, 0.6) is 0 Å². The highest BCUT2D eigenvalue weighted by Gasteiger charge is 2.68. The molecule has 0 aromatic rings. The van der Waals surface area contributed by atoms with E-state index in [2.05, 4.69) is 20.1 Å². The summed E-state index contributed by atoms with van der Waals surface area (Å²) in [5, 5.41) is 20.1. The van der Waals surface area contributed by atoms with E-state index in [1.54, 1.807) is 7.11 Å². The topological polar surface area (TPSA) is 141 Å². The van der Waals surface area contributed by atoms with Gasteiger partial charge in [-0.2, -0.15) is 0 Å². The summed E-state index contributed by atoms with van der Waals surface area (Å²) in [4.78, 5) is 14.0. The number of carbonyl (C=O) groups is 1. The van der Waals surface area contributed by atoms with Gasteiger partial charge in [0.2, 0.25) is 0 Å². The van der Waals surface area contributed by atoms with E-state index < -0.39 is 24.1 Å². The van der Waals surface area contributed by atoms with E-state index in [0.29, 0.717) is 25.7 Å². The van der Waals surface area contributed by atoms with Crippen molar-refractivity contribution in [1.29, 1.82) is 0 Å². The molecule has 290 valence electrons. The molecular weight excluding hydrogens is 672 g/mol. The van der Waals surface area contributed by atoms with Gasteiger partial charge in [-0.3, -0.25) is 4.79 Å². The Morgan fingerprint density at radius 1 is 0.788 bits per heavy atom. The lowest BCUT2D eigenvalue weighted by molar-refractivity contribution is -0.292. The Balaban J connectivity index is 0.994. The van der Waals surface area contributed by atoms with Gasteiger partial charge >= 0.3 is 0 Å². The smallest absolute Gasteiger partial charge is 0.172 e. The van der Waals surface area contributed by atoms with Crippen LogP contribution in [0.15, 0.2) is 24.3 Å². The molecule has 10 aliphatic heterocycles. The summed E-state index contributed by atoms with van der Waals surface area (Å²) in [5.74, 6) is -0.709. The third-order valence-corrected chi connectivity index (χ3v) is 13.9. The van der Waals surface area contributed by atoms with Crippen molar-refractivity contribution in [1.82, 2.24) is 0 Å². The number of methoxy groups -OCH3 is 1. The van der Waals surface area contributed by atoms with Crippen molar-refractivity contribution < 1.29 is 57.6 Å². The lowest BCUT2D eigenvalue weighted by Gasteiger charge is -2.47. The molecule has 12 nitrogen and oxygen atoms in total. The first-order valence-electron chi connectivity index (χ1n) is 20.1. The minimum Gasteiger partial charge on any atom is -0.394 e. The lowest BCUT2D eigenvalue weighted by atomic mass is 9.81. The molecule has 0 saturated carbocycles. The number of aliphatic hydroxyl groups is 2. The van der Waals surface area contributed by atoms with Gasteiger partial charge in [0, 0.05) is 51.6 Å². The van der Waals surface area contributed by atoms with Crippen LogP contribution in [0.2, 0.25) is 0 Å². The minimum atomic E-state index is -0.951. The van der Waals surface area contributed by atoms with Crippen molar-refractivity contribution in [2.75, 3.05) is 13.7 Å². The third kappa shape index (κ3) is 6.59. The fraction of sp³-hybridized carbons (Fsp3) is 0.875. The van der Waals surface area contributed by atoms with Gasteiger partial charge < -0.3 is 52.8 Å². The number of carbonyl (C=O) groups excluding carboxylic acids is 1. The van der Waals surface area contributed by atoms with Crippen LogP contribution in [0.4, 0.5) is 0 Å². The normalized spacial score (nSPS) is 52.4. The highest BCUT2D eigenvalue weighted by atomic mass is 16.8. The number of ketones is 1. The zero-order valence-electron chi connectivity index (χ0n) is 30.7. The zero-order chi connectivity index (χ0) is 35.9. The SMILES string of the molecule is C=C1C(C)CC2CC[C@@H]3OC(CC[C@@]45CC6OC7C(O4)[C@H]4OC(CCC4O[C@H]7C6O5)CC(=O)CC4[C@H](CC1O2)O[C@H](CC(O)CO)[C@@H]4OC)CC3=C. The third-order valence-electron chi connectivity index (χ3n) is 13.9. The van der Waals surface area contributed by atoms with Crippen LogP contribution in [-0.4, -0.2) is 133 Å². The summed E-state index contributed by atoms with van der Waals surface area (Å²) in [6.45, 7) is 10.7. The van der Waals surface area contributed by atoms with E-state index in [-0.39, 0.29) is 123 Å².